The molecule has 0 saturated carbocycles. The van der Waals surface area contributed by atoms with Gasteiger partial charge in [0.2, 0.25) is 0 Å². The number of phenols is 1. The van der Waals surface area contributed by atoms with E-state index in [2.05, 4.69) is 9.97 Å². The highest BCUT2D eigenvalue weighted by Gasteiger charge is 2.27. The van der Waals surface area contributed by atoms with Crippen molar-refractivity contribution in [2.45, 2.75) is 13.0 Å². The van der Waals surface area contributed by atoms with E-state index < -0.39 is 12.1 Å². The third-order valence-electron chi connectivity index (χ3n) is 4.52. The maximum absolute atomic E-state index is 12.9. The number of esters is 1. The molecule has 29 heavy (non-hydrogen) atoms. The Bertz CT molecular complexity index is 1200. The molecule has 148 valence electrons. The van der Waals surface area contributed by atoms with Crippen LogP contribution >= 0.6 is 0 Å². The van der Waals surface area contributed by atoms with Crippen molar-refractivity contribution in [3.63, 3.8) is 0 Å². The smallest absolute Gasteiger partial charge is 0.344 e. The second-order valence-electron chi connectivity index (χ2n) is 6.67. The fourth-order valence-corrected chi connectivity index (χ4v) is 3.24. The van der Waals surface area contributed by atoms with Gasteiger partial charge in [-0.2, -0.15) is 0 Å². The Morgan fingerprint density at radius 2 is 1.79 bits per heavy atom. The number of anilines is 1. The minimum Gasteiger partial charge on any atom is -0.508 e. The quantitative estimate of drug-likeness (QED) is 0.502. The van der Waals surface area contributed by atoms with Gasteiger partial charge in [-0.15, -0.1) is 0 Å². The Morgan fingerprint density at radius 3 is 2.45 bits per heavy atom. The molecule has 0 unspecified atom stereocenters. The Kier molecular flexibility index (Phi) is 4.77. The maximum Gasteiger partial charge on any atom is 0.344 e. The third-order valence-corrected chi connectivity index (χ3v) is 4.52. The molecule has 3 N–H and O–H groups in total. The van der Waals surface area contributed by atoms with Crippen molar-refractivity contribution in [1.82, 2.24) is 14.5 Å². The van der Waals surface area contributed by atoms with E-state index >= 15 is 0 Å². The van der Waals surface area contributed by atoms with Crippen molar-refractivity contribution in [2.75, 3.05) is 19.5 Å². The van der Waals surface area contributed by atoms with Gasteiger partial charge in [-0.3, -0.25) is 4.57 Å². The lowest BCUT2D eigenvalue weighted by Crippen LogP contribution is -2.20. The van der Waals surface area contributed by atoms with Gasteiger partial charge in [0.1, 0.15) is 28.8 Å². The molecule has 0 aliphatic rings. The molecular weight excluding hydrogens is 372 g/mol. The number of benzene rings is 2. The highest BCUT2D eigenvalue weighted by Crippen LogP contribution is 2.32. The number of nitrogens with zero attached hydrogens (tertiary/aromatic N) is 3. The van der Waals surface area contributed by atoms with E-state index in [9.17, 15) is 9.90 Å². The summed E-state index contributed by atoms with van der Waals surface area (Å²) in [6.07, 6.45) is -0.451. The molecule has 1 atom stereocenters. The van der Waals surface area contributed by atoms with E-state index in [0.29, 0.717) is 27.9 Å². The van der Waals surface area contributed by atoms with Gasteiger partial charge in [0, 0.05) is 12.8 Å². The van der Waals surface area contributed by atoms with Crippen LogP contribution in [0.2, 0.25) is 0 Å². The number of carbonyl (C=O) groups excluding carboxylic acids is 1. The normalized spacial score (nSPS) is 12.3. The molecule has 2 aromatic heterocycles. The zero-order valence-electron chi connectivity index (χ0n) is 16.0. The number of nitrogens with two attached hydrogens (primary N) is 1. The zero-order valence-corrected chi connectivity index (χ0v) is 16.0. The molecule has 2 heterocycles. The minimum atomic E-state index is -0.598. The van der Waals surface area contributed by atoms with Crippen molar-refractivity contribution >= 4 is 34.0 Å². The summed E-state index contributed by atoms with van der Waals surface area (Å²) in [6, 6.07) is 13.8. The summed E-state index contributed by atoms with van der Waals surface area (Å²) < 4.78 is 12.1. The van der Waals surface area contributed by atoms with Crippen molar-refractivity contribution in [3.8, 4) is 11.4 Å². The summed E-state index contributed by atoms with van der Waals surface area (Å²) in [5.41, 5.74) is 9.26. The summed E-state index contributed by atoms with van der Waals surface area (Å²) in [5, 5.41) is 9.62. The standard InChI is InChI=1S/C21H20N4O4/c1-12(11-28-2)29-21(27)17-18-20(24-16-6-4-3-5-15(16)23-18)25(19(17)22)13-7-9-14(26)10-8-13/h3-10,12,26H,11,22H2,1-2H3/t12-/m1/s1. The fraction of sp³-hybridized carbons (Fsp3) is 0.190. The first-order valence-electron chi connectivity index (χ1n) is 9.05. The number of para-hydroxylation sites is 2. The first kappa shape index (κ1) is 18.7. The lowest BCUT2D eigenvalue weighted by molar-refractivity contribution is 0.0123. The number of hydrogen-bond acceptors (Lipinski definition) is 7. The number of aromatic hydroxyl groups is 1. The molecule has 0 radical (unpaired) electrons. The molecule has 0 bridgehead atoms. The molecule has 8 nitrogen and oxygen atoms in total. The first-order chi connectivity index (χ1) is 14.0. The van der Waals surface area contributed by atoms with Gasteiger partial charge in [0.05, 0.1) is 17.6 Å². The van der Waals surface area contributed by atoms with Crippen LogP contribution < -0.4 is 5.73 Å². The Hall–Kier alpha value is -3.65. The molecule has 0 aliphatic carbocycles. The van der Waals surface area contributed by atoms with Gasteiger partial charge >= 0.3 is 5.97 Å². The SMILES string of the molecule is COC[C@@H](C)OC(=O)c1c(N)n(-c2ccc(O)cc2)c2nc3ccccc3nc12. The van der Waals surface area contributed by atoms with Crippen LogP contribution in [-0.4, -0.2) is 45.4 Å². The number of rotatable bonds is 5. The number of fused-ring (bicyclic) bond motifs is 2. The maximum atomic E-state index is 12.9. The molecule has 4 rings (SSSR count). The summed E-state index contributed by atoms with van der Waals surface area (Å²) >= 11 is 0. The van der Waals surface area contributed by atoms with Gasteiger partial charge in [-0.25, -0.2) is 14.8 Å². The minimum absolute atomic E-state index is 0.119. The van der Waals surface area contributed by atoms with Crippen LogP contribution in [-0.2, 0) is 9.47 Å². The molecule has 0 amide bonds. The van der Waals surface area contributed by atoms with Crippen LogP contribution in [0.5, 0.6) is 5.75 Å². The lowest BCUT2D eigenvalue weighted by atomic mass is 10.2. The third kappa shape index (κ3) is 3.34. The summed E-state index contributed by atoms with van der Waals surface area (Å²) in [5.74, 6) is -0.317. The number of nitrogen functional groups attached to an aromatic ring is 1. The molecule has 2 aromatic carbocycles. The van der Waals surface area contributed by atoms with Crippen molar-refractivity contribution in [3.05, 3.63) is 54.1 Å². The van der Waals surface area contributed by atoms with Gasteiger partial charge in [0.15, 0.2) is 5.65 Å². The van der Waals surface area contributed by atoms with Crippen LogP contribution in [0.4, 0.5) is 5.82 Å². The van der Waals surface area contributed by atoms with Crippen molar-refractivity contribution < 1.29 is 19.4 Å². The molecule has 8 heteroatoms. The summed E-state index contributed by atoms with van der Waals surface area (Å²) in [4.78, 5) is 22.2. The van der Waals surface area contributed by atoms with Gasteiger partial charge in [-0.1, -0.05) is 12.1 Å². The highest BCUT2D eigenvalue weighted by molar-refractivity contribution is 6.09. The molecule has 0 saturated heterocycles. The topological polar surface area (TPSA) is 112 Å². The molecule has 4 aromatic rings. The molecular formula is C21H20N4O4. The Balaban J connectivity index is 1.96. The van der Waals surface area contributed by atoms with E-state index in [1.54, 1.807) is 23.6 Å². The predicted octanol–water partition coefficient (Wildman–Crippen LogP) is 3.05. The summed E-state index contributed by atoms with van der Waals surface area (Å²) in [6.45, 7) is 1.99. The summed E-state index contributed by atoms with van der Waals surface area (Å²) in [7, 11) is 1.53. The van der Waals surface area contributed by atoms with Crippen LogP contribution in [0.1, 0.15) is 17.3 Å². The number of hydrogen-bond donors (Lipinski definition) is 2. The van der Waals surface area contributed by atoms with Crippen LogP contribution in [0.3, 0.4) is 0 Å². The average molecular weight is 392 g/mol. The lowest BCUT2D eigenvalue weighted by Gasteiger charge is -2.12. The largest absolute Gasteiger partial charge is 0.508 e. The van der Waals surface area contributed by atoms with E-state index in [-0.39, 0.29) is 23.7 Å². The zero-order chi connectivity index (χ0) is 20.5. The number of carbonyl (C=O) groups is 1. The second-order valence-corrected chi connectivity index (χ2v) is 6.67. The van der Waals surface area contributed by atoms with E-state index in [4.69, 9.17) is 15.2 Å². The predicted molar refractivity (Wildman–Crippen MR) is 109 cm³/mol. The highest BCUT2D eigenvalue weighted by atomic mass is 16.6. The number of methoxy groups -OCH3 is 1. The van der Waals surface area contributed by atoms with Crippen molar-refractivity contribution in [1.29, 1.82) is 0 Å². The van der Waals surface area contributed by atoms with Gasteiger partial charge < -0.3 is 20.3 Å². The Labute approximate surface area is 166 Å². The Morgan fingerprint density at radius 1 is 1.14 bits per heavy atom. The molecule has 0 spiro atoms. The van der Waals surface area contributed by atoms with E-state index in [1.165, 1.54) is 19.2 Å². The van der Waals surface area contributed by atoms with Crippen LogP contribution in [0.15, 0.2) is 48.5 Å². The first-order valence-corrected chi connectivity index (χ1v) is 9.05. The van der Waals surface area contributed by atoms with E-state index in [1.807, 2.05) is 24.3 Å². The van der Waals surface area contributed by atoms with E-state index in [0.717, 1.165) is 0 Å². The number of phenolic OH excluding ortho intramolecular Hbond substituents is 1. The average Bonchev–Trinajstić information content (AvgIpc) is 2.98. The number of aromatic nitrogens is 3. The molecule has 0 aliphatic heterocycles. The van der Waals surface area contributed by atoms with Crippen LogP contribution in [0.25, 0.3) is 27.9 Å². The van der Waals surface area contributed by atoms with Gasteiger partial charge in [-0.05, 0) is 43.3 Å². The van der Waals surface area contributed by atoms with Gasteiger partial charge in [0.25, 0.3) is 0 Å². The monoisotopic (exact) mass is 392 g/mol. The molecule has 0 fully saturated rings. The van der Waals surface area contributed by atoms with Crippen molar-refractivity contribution in [2.24, 2.45) is 0 Å². The second kappa shape index (κ2) is 7.40. The number of ether oxygens (including phenoxy) is 2. The van der Waals surface area contributed by atoms with Crippen LogP contribution in [0, 0.1) is 0 Å². The fourth-order valence-electron chi connectivity index (χ4n) is 3.24.